The molecular weight excluding hydrogens is 180 g/mol. The molecule has 1 aromatic rings. The zero-order valence-corrected chi connectivity index (χ0v) is 8.13. The molecule has 14 heavy (non-hydrogen) atoms. The van der Waals surface area contributed by atoms with Gasteiger partial charge in [0, 0.05) is 19.5 Å². The molecule has 1 unspecified atom stereocenters. The molecule has 5 heteroatoms. The Morgan fingerprint density at radius 1 is 1.79 bits per heavy atom. The molecule has 5 nitrogen and oxygen atoms in total. The molecule has 2 heterocycles. The van der Waals surface area contributed by atoms with Crippen molar-refractivity contribution in [2.45, 2.75) is 25.9 Å². The highest BCUT2D eigenvalue weighted by Gasteiger charge is 2.24. The number of H-pyrrole nitrogens is 1. The number of nitrogens with one attached hydrogen (secondary N) is 3. The Bertz CT molecular complexity index is 333. The zero-order valence-electron chi connectivity index (χ0n) is 8.13. The zero-order chi connectivity index (χ0) is 9.97. The van der Waals surface area contributed by atoms with Gasteiger partial charge in [0.1, 0.15) is 0 Å². The van der Waals surface area contributed by atoms with Gasteiger partial charge < -0.3 is 10.3 Å². The summed E-state index contributed by atoms with van der Waals surface area (Å²) in [5, 5.41) is 5.96. The third-order valence-electron chi connectivity index (χ3n) is 2.40. The predicted octanol–water partition coefficient (Wildman–Crippen LogP) is -0.440. The minimum absolute atomic E-state index is 0.0566. The quantitative estimate of drug-likeness (QED) is 0.598. The summed E-state index contributed by atoms with van der Waals surface area (Å²) >= 11 is 0. The van der Waals surface area contributed by atoms with Crippen molar-refractivity contribution in [3.8, 4) is 0 Å². The lowest BCUT2D eigenvalue weighted by atomic mass is 10.1. The fourth-order valence-corrected chi connectivity index (χ4v) is 1.65. The van der Waals surface area contributed by atoms with E-state index >= 15 is 0 Å². The van der Waals surface area contributed by atoms with Crippen molar-refractivity contribution in [2.75, 3.05) is 6.54 Å². The van der Waals surface area contributed by atoms with E-state index in [-0.39, 0.29) is 11.9 Å². The van der Waals surface area contributed by atoms with Crippen LogP contribution in [0.3, 0.4) is 0 Å². The number of aromatic amines is 1. The highest BCUT2D eigenvalue weighted by Crippen LogP contribution is 2.11. The summed E-state index contributed by atoms with van der Waals surface area (Å²) in [6.45, 7) is 3.28. The maximum atomic E-state index is 11.5. The summed E-state index contributed by atoms with van der Waals surface area (Å²) in [4.78, 5) is 18.7. The number of hydrogen-bond donors (Lipinski definition) is 3. The lowest BCUT2D eigenvalue weighted by molar-refractivity contribution is -0.123. The number of amides is 1. The van der Waals surface area contributed by atoms with E-state index in [1.807, 2.05) is 6.92 Å². The molecule has 0 radical (unpaired) electrons. The number of aromatic nitrogens is 2. The Morgan fingerprint density at radius 2 is 2.64 bits per heavy atom. The third kappa shape index (κ3) is 1.63. The predicted molar refractivity (Wildman–Crippen MR) is 51.6 cm³/mol. The van der Waals surface area contributed by atoms with Crippen LogP contribution in [0.25, 0.3) is 0 Å². The van der Waals surface area contributed by atoms with E-state index in [1.165, 1.54) is 0 Å². The number of rotatable bonds is 2. The van der Waals surface area contributed by atoms with E-state index in [9.17, 15) is 4.79 Å². The first kappa shape index (κ1) is 9.21. The number of imidazole rings is 1. The monoisotopic (exact) mass is 194 g/mol. The molecular formula is C9H14N4O. The van der Waals surface area contributed by atoms with Gasteiger partial charge >= 0.3 is 0 Å². The second-order valence-corrected chi connectivity index (χ2v) is 3.36. The van der Waals surface area contributed by atoms with Crippen molar-refractivity contribution in [1.82, 2.24) is 20.6 Å². The Hall–Kier alpha value is -1.36. The molecule has 0 bridgehead atoms. The summed E-state index contributed by atoms with van der Waals surface area (Å²) in [6, 6.07) is -0.134. The molecule has 76 valence electrons. The lowest BCUT2D eigenvalue weighted by Crippen LogP contribution is -2.47. The first-order valence-corrected chi connectivity index (χ1v) is 4.83. The fraction of sp³-hybridized carbons (Fsp3) is 0.556. The van der Waals surface area contributed by atoms with Gasteiger partial charge in [0.2, 0.25) is 5.91 Å². The first-order valence-electron chi connectivity index (χ1n) is 4.83. The van der Waals surface area contributed by atoms with Gasteiger partial charge in [0.05, 0.1) is 23.8 Å². The van der Waals surface area contributed by atoms with Crippen molar-refractivity contribution in [3.05, 3.63) is 17.7 Å². The lowest BCUT2D eigenvalue weighted by Gasteiger charge is -2.21. The molecule has 0 spiro atoms. The van der Waals surface area contributed by atoms with Crippen LogP contribution in [0.15, 0.2) is 6.33 Å². The molecule has 2 rings (SSSR count). The van der Waals surface area contributed by atoms with E-state index in [0.717, 1.165) is 11.4 Å². The van der Waals surface area contributed by atoms with Crippen LogP contribution in [0.4, 0.5) is 0 Å². The summed E-state index contributed by atoms with van der Waals surface area (Å²) < 4.78 is 0. The minimum Gasteiger partial charge on any atom is -0.355 e. The number of likely N-dealkylation sites (N-methyl/N-ethyl adjacent to an activating group) is 1. The third-order valence-corrected chi connectivity index (χ3v) is 2.40. The summed E-state index contributed by atoms with van der Waals surface area (Å²) in [5.74, 6) is 0.0566. The van der Waals surface area contributed by atoms with Gasteiger partial charge in [0.25, 0.3) is 0 Å². The molecule has 1 atom stereocenters. The average molecular weight is 194 g/mol. The Labute approximate surface area is 82.3 Å². The Kier molecular flexibility index (Phi) is 2.49. The van der Waals surface area contributed by atoms with Gasteiger partial charge in [-0.3, -0.25) is 10.1 Å². The van der Waals surface area contributed by atoms with Gasteiger partial charge in [-0.15, -0.1) is 0 Å². The number of hydrogen-bond acceptors (Lipinski definition) is 3. The largest absolute Gasteiger partial charge is 0.355 e. The van der Waals surface area contributed by atoms with E-state index in [1.54, 1.807) is 6.33 Å². The van der Waals surface area contributed by atoms with Crippen LogP contribution in [0.2, 0.25) is 0 Å². The van der Waals surface area contributed by atoms with E-state index in [0.29, 0.717) is 19.5 Å². The van der Waals surface area contributed by atoms with Crippen LogP contribution >= 0.6 is 0 Å². The summed E-state index contributed by atoms with van der Waals surface area (Å²) in [6.07, 6.45) is 2.34. The van der Waals surface area contributed by atoms with E-state index < -0.39 is 0 Å². The van der Waals surface area contributed by atoms with Crippen molar-refractivity contribution in [1.29, 1.82) is 0 Å². The first-order chi connectivity index (χ1) is 6.81. The molecule has 0 aliphatic carbocycles. The second-order valence-electron chi connectivity index (χ2n) is 3.36. The maximum absolute atomic E-state index is 11.5. The normalized spacial score (nSPS) is 20.2. The molecule has 1 amide bonds. The maximum Gasteiger partial charge on any atom is 0.237 e. The highest BCUT2D eigenvalue weighted by molar-refractivity contribution is 5.82. The van der Waals surface area contributed by atoms with Crippen molar-refractivity contribution in [3.63, 3.8) is 0 Å². The van der Waals surface area contributed by atoms with Crippen LogP contribution in [0, 0.1) is 0 Å². The summed E-state index contributed by atoms with van der Waals surface area (Å²) in [7, 11) is 0. The molecule has 0 aromatic carbocycles. The van der Waals surface area contributed by atoms with Crippen LogP contribution in [-0.2, 0) is 17.8 Å². The Morgan fingerprint density at radius 3 is 3.43 bits per heavy atom. The van der Waals surface area contributed by atoms with Gasteiger partial charge in [0.15, 0.2) is 0 Å². The molecule has 1 aliphatic rings. The van der Waals surface area contributed by atoms with Gasteiger partial charge in [-0.25, -0.2) is 4.98 Å². The van der Waals surface area contributed by atoms with Crippen LogP contribution in [0.1, 0.15) is 18.3 Å². The molecule has 3 N–H and O–H groups in total. The number of carbonyl (C=O) groups is 1. The van der Waals surface area contributed by atoms with Crippen molar-refractivity contribution < 1.29 is 4.79 Å². The number of nitrogens with zero attached hydrogens (tertiary/aromatic N) is 1. The fourth-order valence-electron chi connectivity index (χ4n) is 1.65. The number of fused-ring (bicyclic) bond motifs is 1. The van der Waals surface area contributed by atoms with Gasteiger partial charge in [-0.1, -0.05) is 0 Å². The highest BCUT2D eigenvalue weighted by atomic mass is 16.2. The standard InChI is InChI=1S/C9H14N4O/c1-2-10-9(14)7-3-6-8(4-11-7)13-5-12-6/h5,7,11H,2-4H2,1H3,(H,10,14)(H,12,13). The van der Waals surface area contributed by atoms with Crippen LogP contribution < -0.4 is 10.6 Å². The summed E-state index contributed by atoms with van der Waals surface area (Å²) in [5.41, 5.74) is 2.09. The van der Waals surface area contributed by atoms with E-state index in [4.69, 9.17) is 0 Å². The smallest absolute Gasteiger partial charge is 0.237 e. The molecule has 0 saturated carbocycles. The molecule has 1 aromatic heterocycles. The minimum atomic E-state index is -0.134. The second kappa shape index (κ2) is 3.79. The number of carbonyl (C=O) groups excluding carboxylic acids is 1. The Balaban J connectivity index is 2.04. The molecule has 0 fully saturated rings. The average Bonchev–Trinajstić information content (AvgIpc) is 2.64. The SMILES string of the molecule is CCNC(=O)C1Cc2nc[nH]c2CN1. The van der Waals surface area contributed by atoms with Crippen molar-refractivity contribution in [2.24, 2.45) is 0 Å². The molecule has 1 aliphatic heterocycles. The molecule has 0 saturated heterocycles. The van der Waals surface area contributed by atoms with Crippen LogP contribution in [-0.4, -0.2) is 28.5 Å². The van der Waals surface area contributed by atoms with Crippen LogP contribution in [0.5, 0.6) is 0 Å². The van der Waals surface area contributed by atoms with Gasteiger partial charge in [-0.2, -0.15) is 0 Å². The van der Waals surface area contributed by atoms with Gasteiger partial charge in [-0.05, 0) is 6.92 Å². The van der Waals surface area contributed by atoms with Crippen molar-refractivity contribution >= 4 is 5.91 Å². The van der Waals surface area contributed by atoms with E-state index in [2.05, 4.69) is 20.6 Å². The topological polar surface area (TPSA) is 69.8 Å².